The van der Waals surface area contributed by atoms with E-state index < -0.39 is 34.9 Å². The number of alkyl halides is 3. The van der Waals surface area contributed by atoms with Gasteiger partial charge >= 0.3 is 6.18 Å². The standard InChI is InChI=1S/C17H12F3N3O4/c18-17(19,20)14-10-16(25,12-6-8-13(9-7-12)23(26)27)22(21-14)15(24)11-4-2-1-3-5-11/h1-9,25H,10H2. The molecule has 0 aliphatic carbocycles. The van der Waals surface area contributed by atoms with Crippen molar-refractivity contribution in [3.05, 3.63) is 75.8 Å². The highest BCUT2D eigenvalue weighted by atomic mass is 19.4. The SMILES string of the molecule is O=C(c1ccccc1)N1N=C(C(F)(F)F)CC1(O)c1ccc([N+](=O)[O-])cc1. The van der Waals surface area contributed by atoms with Gasteiger partial charge in [0.25, 0.3) is 11.6 Å². The molecule has 1 N–H and O–H groups in total. The van der Waals surface area contributed by atoms with Crippen molar-refractivity contribution in [1.29, 1.82) is 0 Å². The van der Waals surface area contributed by atoms with E-state index in [0.29, 0.717) is 5.01 Å². The third kappa shape index (κ3) is 3.38. The minimum absolute atomic E-state index is 0.0324. The number of nitro groups is 1. The van der Waals surface area contributed by atoms with Crippen LogP contribution < -0.4 is 0 Å². The summed E-state index contributed by atoms with van der Waals surface area (Å²) in [7, 11) is 0. The third-order valence-corrected chi connectivity index (χ3v) is 4.07. The lowest BCUT2D eigenvalue weighted by atomic mass is 9.96. The quantitative estimate of drug-likeness (QED) is 0.654. The zero-order valence-corrected chi connectivity index (χ0v) is 13.6. The molecule has 0 saturated carbocycles. The Morgan fingerprint density at radius 2 is 1.74 bits per heavy atom. The van der Waals surface area contributed by atoms with Gasteiger partial charge in [-0.05, 0) is 24.3 Å². The highest BCUT2D eigenvalue weighted by molar-refractivity contribution is 5.99. The van der Waals surface area contributed by atoms with Crippen LogP contribution in [-0.4, -0.2) is 32.8 Å². The lowest BCUT2D eigenvalue weighted by Gasteiger charge is -2.31. The topological polar surface area (TPSA) is 96.0 Å². The Labute approximate surface area is 150 Å². The highest BCUT2D eigenvalue weighted by Crippen LogP contribution is 2.40. The fraction of sp³-hybridized carbons (Fsp3) is 0.176. The molecule has 1 amide bonds. The van der Waals surface area contributed by atoms with E-state index >= 15 is 0 Å². The van der Waals surface area contributed by atoms with Crippen molar-refractivity contribution in [3.63, 3.8) is 0 Å². The molecule has 1 unspecified atom stereocenters. The Bertz CT molecular complexity index is 913. The largest absolute Gasteiger partial charge is 0.431 e. The van der Waals surface area contributed by atoms with Gasteiger partial charge in [0.05, 0.1) is 11.3 Å². The van der Waals surface area contributed by atoms with Crippen molar-refractivity contribution in [2.75, 3.05) is 0 Å². The van der Waals surface area contributed by atoms with Gasteiger partial charge in [-0.2, -0.15) is 23.3 Å². The Morgan fingerprint density at radius 3 is 2.26 bits per heavy atom. The molecule has 10 heteroatoms. The number of nitro benzene ring substituents is 1. The monoisotopic (exact) mass is 379 g/mol. The maximum atomic E-state index is 13.2. The maximum Gasteiger partial charge on any atom is 0.431 e. The summed E-state index contributed by atoms with van der Waals surface area (Å²) in [5.41, 5.74) is -4.15. The average Bonchev–Trinajstić information content (AvgIpc) is 3.01. The first-order valence-corrected chi connectivity index (χ1v) is 7.64. The van der Waals surface area contributed by atoms with Crippen LogP contribution in [0.25, 0.3) is 0 Å². The van der Waals surface area contributed by atoms with Crippen LogP contribution in [0.2, 0.25) is 0 Å². The van der Waals surface area contributed by atoms with Crippen LogP contribution in [0.5, 0.6) is 0 Å². The number of rotatable bonds is 3. The van der Waals surface area contributed by atoms with Gasteiger partial charge in [0.1, 0.15) is 5.71 Å². The molecule has 0 bridgehead atoms. The Kier molecular flexibility index (Phi) is 4.44. The van der Waals surface area contributed by atoms with Crippen LogP contribution in [0, 0.1) is 10.1 Å². The first kappa shape index (κ1) is 18.5. The molecule has 2 aromatic rings. The first-order chi connectivity index (χ1) is 12.6. The van der Waals surface area contributed by atoms with E-state index in [0.717, 1.165) is 24.3 Å². The van der Waals surface area contributed by atoms with Crippen LogP contribution in [0.3, 0.4) is 0 Å². The molecule has 140 valence electrons. The summed E-state index contributed by atoms with van der Waals surface area (Å²) in [6, 6.07) is 11.7. The van der Waals surface area contributed by atoms with Gasteiger partial charge in [0.2, 0.25) is 0 Å². The average molecular weight is 379 g/mol. The summed E-state index contributed by atoms with van der Waals surface area (Å²) in [6.45, 7) is 0. The van der Waals surface area contributed by atoms with E-state index in [4.69, 9.17) is 0 Å². The summed E-state index contributed by atoms with van der Waals surface area (Å²) in [5, 5.41) is 25.4. The van der Waals surface area contributed by atoms with E-state index in [9.17, 15) is 33.2 Å². The summed E-state index contributed by atoms with van der Waals surface area (Å²) in [6.07, 6.45) is -5.84. The molecule has 3 rings (SSSR count). The van der Waals surface area contributed by atoms with Crippen molar-refractivity contribution in [2.45, 2.75) is 18.3 Å². The number of benzene rings is 2. The fourth-order valence-corrected chi connectivity index (χ4v) is 2.69. The molecule has 1 heterocycles. The number of non-ortho nitro benzene ring substituents is 1. The van der Waals surface area contributed by atoms with Crippen molar-refractivity contribution in [2.24, 2.45) is 5.10 Å². The Morgan fingerprint density at radius 1 is 1.15 bits per heavy atom. The second-order valence-corrected chi connectivity index (χ2v) is 5.82. The lowest BCUT2D eigenvalue weighted by Crippen LogP contribution is -2.43. The smallest absolute Gasteiger partial charge is 0.365 e. The van der Waals surface area contributed by atoms with Crippen LogP contribution in [0.15, 0.2) is 59.7 Å². The summed E-state index contributed by atoms with van der Waals surface area (Å²) >= 11 is 0. The number of hydrogen-bond donors (Lipinski definition) is 1. The zero-order chi connectivity index (χ0) is 19.8. The van der Waals surface area contributed by atoms with Crippen LogP contribution in [0.4, 0.5) is 18.9 Å². The maximum absolute atomic E-state index is 13.2. The normalized spacial score (nSPS) is 19.7. The number of hydrogen-bond acceptors (Lipinski definition) is 5. The lowest BCUT2D eigenvalue weighted by molar-refractivity contribution is -0.384. The molecule has 0 saturated heterocycles. The predicted molar refractivity (Wildman–Crippen MR) is 87.7 cm³/mol. The van der Waals surface area contributed by atoms with Gasteiger partial charge in [-0.15, -0.1) is 0 Å². The molecule has 0 aromatic heterocycles. The van der Waals surface area contributed by atoms with Crippen molar-refractivity contribution < 1.29 is 28.0 Å². The molecule has 7 nitrogen and oxygen atoms in total. The summed E-state index contributed by atoms with van der Waals surface area (Å²) in [4.78, 5) is 22.7. The second-order valence-electron chi connectivity index (χ2n) is 5.82. The molecule has 1 aliphatic heterocycles. The molecule has 0 fully saturated rings. The van der Waals surface area contributed by atoms with Gasteiger partial charge in [0, 0.05) is 23.3 Å². The number of halogens is 3. The summed E-state index contributed by atoms with van der Waals surface area (Å²) < 4.78 is 39.5. The van der Waals surface area contributed by atoms with Gasteiger partial charge in [-0.1, -0.05) is 18.2 Å². The number of aliphatic hydroxyl groups is 1. The minimum Gasteiger partial charge on any atom is -0.365 e. The number of hydrazone groups is 1. The number of carbonyl (C=O) groups is 1. The van der Waals surface area contributed by atoms with E-state index in [1.807, 2.05) is 0 Å². The van der Waals surface area contributed by atoms with Crippen molar-refractivity contribution in [3.8, 4) is 0 Å². The van der Waals surface area contributed by atoms with E-state index in [1.165, 1.54) is 24.3 Å². The van der Waals surface area contributed by atoms with Gasteiger partial charge < -0.3 is 5.11 Å². The Balaban J connectivity index is 2.06. The molecular weight excluding hydrogens is 367 g/mol. The number of nitrogens with zero attached hydrogens (tertiary/aromatic N) is 3. The zero-order valence-electron chi connectivity index (χ0n) is 13.6. The minimum atomic E-state index is -4.85. The van der Waals surface area contributed by atoms with E-state index in [-0.39, 0.29) is 16.8 Å². The molecule has 1 atom stereocenters. The number of amides is 1. The number of carbonyl (C=O) groups excluding carboxylic acids is 1. The van der Waals surface area contributed by atoms with E-state index in [1.54, 1.807) is 6.07 Å². The first-order valence-electron chi connectivity index (χ1n) is 7.64. The van der Waals surface area contributed by atoms with Crippen LogP contribution in [0.1, 0.15) is 22.3 Å². The van der Waals surface area contributed by atoms with Crippen LogP contribution in [-0.2, 0) is 5.72 Å². The highest BCUT2D eigenvalue weighted by Gasteiger charge is 2.53. The Hall–Kier alpha value is -3.27. The molecular formula is C17H12F3N3O4. The molecule has 0 radical (unpaired) electrons. The van der Waals surface area contributed by atoms with Crippen molar-refractivity contribution >= 4 is 17.3 Å². The molecule has 27 heavy (non-hydrogen) atoms. The molecule has 0 spiro atoms. The van der Waals surface area contributed by atoms with Gasteiger partial charge in [0.15, 0.2) is 5.72 Å². The fourth-order valence-electron chi connectivity index (χ4n) is 2.69. The van der Waals surface area contributed by atoms with Gasteiger partial charge in [-0.25, -0.2) is 0 Å². The molecule has 2 aromatic carbocycles. The van der Waals surface area contributed by atoms with E-state index in [2.05, 4.69) is 5.10 Å². The second kappa shape index (κ2) is 6.47. The van der Waals surface area contributed by atoms with Crippen LogP contribution >= 0.6 is 0 Å². The third-order valence-electron chi connectivity index (χ3n) is 4.07. The van der Waals surface area contributed by atoms with Crippen molar-refractivity contribution in [1.82, 2.24) is 5.01 Å². The predicted octanol–water partition coefficient (Wildman–Crippen LogP) is 3.20. The molecule has 1 aliphatic rings. The van der Waals surface area contributed by atoms with Gasteiger partial charge in [-0.3, -0.25) is 14.9 Å². The summed E-state index contributed by atoms with van der Waals surface area (Å²) in [5.74, 6) is -0.935.